The van der Waals surface area contributed by atoms with Gasteiger partial charge in [-0.25, -0.2) is 4.39 Å². The maximum Gasteiger partial charge on any atom is 0.251 e. The zero-order valence-corrected chi connectivity index (χ0v) is 15.9. The first-order chi connectivity index (χ1) is 12.9. The number of piperazine rings is 1. The lowest BCUT2D eigenvalue weighted by atomic mass is 10.2. The molecular weight excluding hydrogens is 392 g/mol. The number of nitrogens with one attached hydrogen (secondary N) is 1. The Bertz CT molecular complexity index is 837. The summed E-state index contributed by atoms with van der Waals surface area (Å²) < 4.78 is 13.0. The van der Waals surface area contributed by atoms with E-state index >= 15 is 0 Å². The standard InChI is InChI=1S/C19H18Cl2FN3O2/c20-16-6-1-13(11-17(16)21)19(27)23-12-18(26)25-9-7-24(8-10-25)15-4-2-14(22)3-5-15/h1-6,11H,7-10,12H2,(H,23,27). The van der Waals surface area contributed by atoms with Gasteiger partial charge in [0.05, 0.1) is 16.6 Å². The Hall–Kier alpha value is -2.31. The topological polar surface area (TPSA) is 52.7 Å². The van der Waals surface area contributed by atoms with Crippen LogP contribution < -0.4 is 10.2 Å². The highest BCUT2D eigenvalue weighted by Gasteiger charge is 2.21. The van der Waals surface area contributed by atoms with Gasteiger partial charge in [-0.15, -0.1) is 0 Å². The van der Waals surface area contributed by atoms with Crippen molar-refractivity contribution in [2.75, 3.05) is 37.6 Å². The Kier molecular flexibility index (Phi) is 6.19. The van der Waals surface area contributed by atoms with E-state index in [4.69, 9.17) is 23.2 Å². The van der Waals surface area contributed by atoms with E-state index < -0.39 is 0 Å². The molecule has 0 radical (unpaired) electrons. The molecule has 0 unspecified atom stereocenters. The van der Waals surface area contributed by atoms with Crippen LogP contribution in [0.4, 0.5) is 10.1 Å². The quantitative estimate of drug-likeness (QED) is 0.843. The average Bonchev–Trinajstić information content (AvgIpc) is 2.68. The van der Waals surface area contributed by atoms with Crippen molar-refractivity contribution in [3.63, 3.8) is 0 Å². The van der Waals surface area contributed by atoms with Crippen molar-refractivity contribution in [3.8, 4) is 0 Å². The molecule has 0 spiro atoms. The molecule has 1 aliphatic heterocycles. The van der Waals surface area contributed by atoms with E-state index in [0.717, 1.165) is 5.69 Å². The van der Waals surface area contributed by atoms with Crippen molar-refractivity contribution in [2.45, 2.75) is 0 Å². The molecule has 1 heterocycles. The van der Waals surface area contributed by atoms with Gasteiger partial charge >= 0.3 is 0 Å². The Morgan fingerprint density at radius 2 is 1.63 bits per heavy atom. The predicted octanol–water partition coefficient (Wildman–Crippen LogP) is 3.21. The Morgan fingerprint density at radius 3 is 2.26 bits per heavy atom. The molecule has 142 valence electrons. The number of carbonyl (C=O) groups excluding carboxylic acids is 2. The second-order valence-corrected chi connectivity index (χ2v) is 6.97. The summed E-state index contributed by atoms with van der Waals surface area (Å²) in [7, 11) is 0. The van der Waals surface area contributed by atoms with E-state index in [1.54, 1.807) is 23.1 Å². The fourth-order valence-corrected chi connectivity index (χ4v) is 3.17. The first-order valence-electron chi connectivity index (χ1n) is 8.45. The predicted molar refractivity (Wildman–Crippen MR) is 104 cm³/mol. The van der Waals surface area contributed by atoms with Crippen LogP contribution in [-0.2, 0) is 4.79 Å². The number of anilines is 1. The fraction of sp³-hybridized carbons (Fsp3) is 0.263. The van der Waals surface area contributed by atoms with Crippen LogP contribution in [0.25, 0.3) is 0 Å². The summed E-state index contributed by atoms with van der Waals surface area (Å²) in [5.41, 5.74) is 1.27. The van der Waals surface area contributed by atoms with Crippen LogP contribution in [0.15, 0.2) is 42.5 Å². The van der Waals surface area contributed by atoms with Gasteiger partial charge in [0.2, 0.25) is 5.91 Å². The van der Waals surface area contributed by atoms with Gasteiger partial charge < -0.3 is 15.1 Å². The van der Waals surface area contributed by atoms with E-state index in [2.05, 4.69) is 10.2 Å². The third-order valence-electron chi connectivity index (χ3n) is 4.41. The summed E-state index contributed by atoms with van der Waals surface area (Å²) in [4.78, 5) is 28.3. The van der Waals surface area contributed by atoms with Gasteiger partial charge in [-0.1, -0.05) is 23.2 Å². The second-order valence-electron chi connectivity index (χ2n) is 6.16. The van der Waals surface area contributed by atoms with Crippen LogP contribution in [-0.4, -0.2) is 49.4 Å². The number of benzene rings is 2. The van der Waals surface area contributed by atoms with Crippen molar-refractivity contribution >= 4 is 40.7 Å². The molecule has 1 fully saturated rings. The SMILES string of the molecule is O=C(NCC(=O)N1CCN(c2ccc(F)cc2)CC1)c1ccc(Cl)c(Cl)c1. The lowest BCUT2D eigenvalue weighted by Crippen LogP contribution is -2.51. The van der Waals surface area contributed by atoms with Crippen LogP contribution in [0.1, 0.15) is 10.4 Å². The van der Waals surface area contributed by atoms with Crippen molar-refractivity contribution in [1.82, 2.24) is 10.2 Å². The van der Waals surface area contributed by atoms with Gasteiger partial charge in [-0.05, 0) is 42.5 Å². The zero-order valence-electron chi connectivity index (χ0n) is 14.4. The molecule has 2 aromatic carbocycles. The monoisotopic (exact) mass is 409 g/mol. The molecule has 2 aromatic rings. The van der Waals surface area contributed by atoms with Gasteiger partial charge in [-0.3, -0.25) is 9.59 Å². The molecule has 0 bridgehead atoms. The number of amides is 2. The lowest BCUT2D eigenvalue weighted by molar-refractivity contribution is -0.130. The fourth-order valence-electron chi connectivity index (χ4n) is 2.87. The molecule has 27 heavy (non-hydrogen) atoms. The number of carbonyl (C=O) groups is 2. The van der Waals surface area contributed by atoms with Crippen LogP contribution in [0.2, 0.25) is 10.0 Å². The van der Waals surface area contributed by atoms with Crippen LogP contribution in [0, 0.1) is 5.82 Å². The zero-order chi connectivity index (χ0) is 19.4. The minimum atomic E-state index is -0.383. The molecule has 0 atom stereocenters. The molecule has 0 aliphatic carbocycles. The van der Waals surface area contributed by atoms with E-state index in [9.17, 15) is 14.0 Å². The number of halogens is 3. The summed E-state index contributed by atoms with van der Waals surface area (Å²) in [6.07, 6.45) is 0. The van der Waals surface area contributed by atoms with E-state index in [-0.39, 0.29) is 29.2 Å². The van der Waals surface area contributed by atoms with Gasteiger partial charge in [0.15, 0.2) is 0 Å². The van der Waals surface area contributed by atoms with Crippen molar-refractivity contribution in [3.05, 3.63) is 63.9 Å². The summed E-state index contributed by atoms with van der Waals surface area (Å²) in [5, 5.41) is 3.25. The average molecular weight is 410 g/mol. The maximum atomic E-state index is 13.0. The molecule has 3 rings (SSSR count). The molecule has 1 aliphatic rings. The third kappa shape index (κ3) is 4.90. The van der Waals surface area contributed by atoms with Crippen molar-refractivity contribution < 1.29 is 14.0 Å². The van der Waals surface area contributed by atoms with Gasteiger partial charge in [-0.2, -0.15) is 0 Å². The first kappa shape index (κ1) is 19.5. The smallest absolute Gasteiger partial charge is 0.251 e. The van der Waals surface area contributed by atoms with E-state index in [1.165, 1.54) is 24.3 Å². The minimum absolute atomic E-state index is 0.0877. The van der Waals surface area contributed by atoms with Gasteiger partial charge in [0.1, 0.15) is 5.82 Å². The molecule has 1 saturated heterocycles. The third-order valence-corrected chi connectivity index (χ3v) is 5.15. The van der Waals surface area contributed by atoms with Crippen molar-refractivity contribution in [2.24, 2.45) is 0 Å². The lowest BCUT2D eigenvalue weighted by Gasteiger charge is -2.36. The van der Waals surface area contributed by atoms with Crippen LogP contribution in [0.5, 0.6) is 0 Å². The number of rotatable bonds is 4. The molecule has 0 saturated carbocycles. The summed E-state index contributed by atoms with van der Waals surface area (Å²) in [6, 6.07) is 10.8. The van der Waals surface area contributed by atoms with Gasteiger partial charge in [0, 0.05) is 37.4 Å². The molecule has 0 aromatic heterocycles. The largest absolute Gasteiger partial charge is 0.368 e. The first-order valence-corrected chi connectivity index (χ1v) is 9.21. The molecule has 8 heteroatoms. The normalized spacial score (nSPS) is 14.2. The van der Waals surface area contributed by atoms with Crippen LogP contribution >= 0.6 is 23.2 Å². The highest BCUT2D eigenvalue weighted by atomic mass is 35.5. The van der Waals surface area contributed by atoms with Crippen molar-refractivity contribution in [1.29, 1.82) is 0 Å². The Labute approximate surface area is 166 Å². The molecule has 1 N–H and O–H groups in total. The highest BCUT2D eigenvalue weighted by molar-refractivity contribution is 6.42. The van der Waals surface area contributed by atoms with E-state index in [1.807, 2.05) is 0 Å². The Balaban J connectivity index is 1.48. The molecule has 5 nitrogen and oxygen atoms in total. The second kappa shape index (κ2) is 8.59. The molecular formula is C19H18Cl2FN3O2. The number of hydrogen-bond acceptors (Lipinski definition) is 3. The summed E-state index contributed by atoms with van der Waals surface area (Å²) >= 11 is 11.7. The highest BCUT2D eigenvalue weighted by Crippen LogP contribution is 2.22. The molecule has 2 amide bonds. The van der Waals surface area contributed by atoms with E-state index in [0.29, 0.717) is 36.8 Å². The number of nitrogens with zero attached hydrogens (tertiary/aromatic N) is 2. The summed E-state index contributed by atoms with van der Waals surface area (Å²) in [6.45, 7) is 2.30. The van der Waals surface area contributed by atoms with Gasteiger partial charge in [0.25, 0.3) is 5.91 Å². The maximum absolute atomic E-state index is 13.0. The van der Waals surface area contributed by atoms with Crippen LogP contribution in [0.3, 0.4) is 0 Å². The Morgan fingerprint density at radius 1 is 0.963 bits per heavy atom. The number of hydrogen-bond donors (Lipinski definition) is 1. The minimum Gasteiger partial charge on any atom is -0.368 e. The summed E-state index contributed by atoms with van der Waals surface area (Å²) in [5.74, 6) is -0.806.